The molecule has 0 unspecified atom stereocenters. The minimum Gasteiger partial charge on any atom is -0.375 e. The number of hydrogen-bond donors (Lipinski definition) is 1. The van der Waals surface area contributed by atoms with E-state index >= 15 is 0 Å². The van der Waals surface area contributed by atoms with Crippen LogP contribution in [0.15, 0.2) is 64.5 Å². The number of amides is 1. The lowest BCUT2D eigenvalue weighted by Gasteiger charge is -2.23. The van der Waals surface area contributed by atoms with Crippen LogP contribution in [0.3, 0.4) is 0 Å². The summed E-state index contributed by atoms with van der Waals surface area (Å²) in [4.78, 5) is 28.1. The molecule has 6 heteroatoms. The fourth-order valence-electron chi connectivity index (χ4n) is 3.58. The van der Waals surface area contributed by atoms with Crippen LogP contribution >= 0.6 is 27.3 Å². The van der Waals surface area contributed by atoms with E-state index in [2.05, 4.69) is 15.9 Å². The van der Waals surface area contributed by atoms with Crippen molar-refractivity contribution in [2.75, 3.05) is 4.90 Å². The molecule has 3 aromatic rings. The van der Waals surface area contributed by atoms with Gasteiger partial charge in [-0.2, -0.15) is 0 Å². The van der Waals surface area contributed by atoms with Crippen molar-refractivity contribution in [3.05, 3.63) is 86.0 Å². The first-order chi connectivity index (χ1) is 13.4. The number of aryl methyl sites for hydroxylation is 1. The molecule has 142 valence electrons. The summed E-state index contributed by atoms with van der Waals surface area (Å²) in [5, 5.41) is 11.3. The summed E-state index contributed by atoms with van der Waals surface area (Å²) < 4.78 is 0.835. The first-order valence-corrected chi connectivity index (χ1v) is 10.5. The average molecular weight is 456 g/mol. The first kappa shape index (κ1) is 19.1. The Morgan fingerprint density at radius 3 is 2.54 bits per heavy atom. The summed E-state index contributed by atoms with van der Waals surface area (Å²) in [5.74, 6) is -0.708. The molecule has 28 heavy (non-hydrogen) atoms. The molecule has 1 aliphatic heterocycles. The lowest BCUT2D eigenvalue weighted by molar-refractivity contribution is -0.136. The number of carbonyl (C=O) groups excluding carboxylic acids is 2. The molecule has 0 saturated heterocycles. The van der Waals surface area contributed by atoms with Gasteiger partial charge in [-0.1, -0.05) is 42.5 Å². The van der Waals surface area contributed by atoms with E-state index in [4.69, 9.17) is 0 Å². The van der Waals surface area contributed by atoms with Gasteiger partial charge in [0, 0.05) is 5.56 Å². The van der Waals surface area contributed by atoms with Gasteiger partial charge in [-0.15, -0.1) is 11.3 Å². The molecule has 1 aromatic heterocycles. The Balaban J connectivity index is 1.70. The van der Waals surface area contributed by atoms with Gasteiger partial charge >= 0.3 is 0 Å². The van der Waals surface area contributed by atoms with E-state index in [-0.39, 0.29) is 12.2 Å². The van der Waals surface area contributed by atoms with E-state index in [0.717, 1.165) is 14.9 Å². The fraction of sp³-hybridized carbons (Fsp3) is 0.182. The van der Waals surface area contributed by atoms with Crippen molar-refractivity contribution in [2.45, 2.75) is 25.5 Å². The quantitative estimate of drug-likeness (QED) is 0.560. The van der Waals surface area contributed by atoms with E-state index < -0.39 is 11.5 Å². The number of halogens is 1. The van der Waals surface area contributed by atoms with Gasteiger partial charge in [-0.25, -0.2) is 0 Å². The number of thiophene rings is 1. The molecule has 0 saturated carbocycles. The third-order valence-corrected chi connectivity index (χ3v) is 6.76. The maximum atomic E-state index is 13.3. The van der Waals surface area contributed by atoms with Crippen LogP contribution in [0.4, 0.5) is 5.69 Å². The second kappa shape index (κ2) is 7.28. The number of ketones is 1. The highest BCUT2D eigenvalue weighted by molar-refractivity contribution is 9.11. The summed E-state index contributed by atoms with van der Waals surface area (Å²) >= 11 is 4.64. The summed E-state index contributed by atoms with van der Waals surface area (Å²) in [6.45, 7) is 2.34. The smallest absolute Gasteiger partial charge is 0.264 e. The Morgan fingerprint density at radius 2 is 1.82 bits per heavy atom. The van der Waals surface area contributed by atoms with Crippen LogP contribution in [-0.4, -0.2) is 16.8 Å². The molecule has 2 aromatic carbocycles. The molecule has 0 fully saturated rings. The molecule has 4 nitrogen and oxygen atoms in total. The molecule has 0 bridgehead atoms. The lowest BCUT2D eigenvalue weighted by atomic mass is 9.89. The Labute approximate surface area is 175 Å². The van der Waals surface area contributed by atoms with Gasteiger partial charge in [-0.05, 0) is 52.2 Å². The third-order valence-electron chi connectivity index (χ3n) is 5.09. The monoisotopic (exact) mass is 455 g/mol. The molecule has 1 N–H and O–H groups in total. The number of rotatable bonds is 5. The van der Waals surface area contributed by atoms with E-state index in [0.29, 0.717) is 22.7 Å². The zero-order valence-electron chi connectivity index (χ0n) is 15.2. The van der Waals surface area contributed by atoms with Crippen LogP contribution in [0.5, 0.6) is 0 Å². The van der Waals surface area contributed by atoms with Gasteiger partial charge in [0.15, 0.2) is 11.4 Å². The largest absolute Gasteiger partial charge is 0.375 e. The third kappa shape index (κ3) is 3.21. The highest BCUT2D eigenvalue weighted by Crippen LogP contribution is 2.44. The molecule has 1 aliphatic rings. The number of para-hydroxylation sites is 1. The number of carbonyl (C=O) groups is 2. The number of fused-ring (bicyclic) bond motifs is 1. The standard InChI is InChI=1S/C22H18BrNO3S/c1-14-6-2-3-7-15(14)13-24-17-9-5-4-8-16(17)22(27,21(24)26)12-18(25)19-10-11-20(23)28-19/h2-11,27H,12-13H2,1H3/t22-/m0/s1. The first-order valence-electron chi connectivity index (χ1n) is 8.87. The van der Waals surface area contributed by atoms with Gasteiger partial charge in [0.25, 0.3) is 5.91 Å². The zero-order valence-corrected chi connectivity index (χ0v) is 17.6. The van der Waals surface area contributed by atoms with Crippen molar-refractivity contribution in [3.8, 4) is 0 Å². The highest BCUT2D eigenvalue weighted by atomic mass is 79.9. The Bertz CT molecular complexity index is 1080. The molecule has 0 spiro atoms. The molecular formula is C22H18BrNO3S. The molecule has 1 amide bonds. The number of benzene rings is 2. The molecule has 0 radical (unpaired) electrons. The minimum absolute atomic E-state index is 0.251. The number of Topliss-reactive ketones (excluding diaryl/α,β-unsaturated/α-hetero) is 1. The van der Waals surface area contributed by atoms with E-state index in [1.807, 2.05) is 43.3 Å². The molecule has 4 rings (SSSR count). The molecule has 2 heterocycles. The van der Waals surface area contributed by atoms with Gasteiger partial charge in [-0.3, -0.25) is 9.59 Å². The van der Waals surface area contributed by atoms with Crippen LogP contribution in [0.1, 0.15) is 32.8 Å². The van der Waals surface area contributed by atoms with Crippen molar-refractivity contribution in [1.29, 1.82) is 0 Å². The minimum atomic E-state index is -1.85. The van der Waals surface area contributed by atoms with Crippen molar-refractivity contribution >= 4 is 44.6 Å². The van der Waals surface area contributed by atoms with Crippen LogP contribution in [-0.2, 0) is 16.9 Å². The average Bonchev–Trinajstić information content (AvgIpc) is 3.20. The van der Waals surface area contributed by atoms with Gasteiger partial charge in [0.1, 0.15) is 0 Å². The van der Waals surface area contributed by atoms with Crippen molar-refractivity contribution in [1.82, 2.24) is 0 Å². The molecular weight excluding hydrogens is 438 g/mol. The summed E-state index contributed by atoms with van der Waals surface area (Å²) in [5.41, 5.74) is 1.36. The number of nitrogens with zero attached hydrogens (tertiary/aromatic N) is 1. The van der Waals surface area contributed by atoms with E-state index in [1.54, 1.807) is 29.2 Å². The zero-order chi connectivity index (χ0) is 19.9. The predicted molar refractivity (Wildman–Crippen MR) is 114 cm³/mol. The summed E-state index contributed by atoms with van der Waals surface area (Å²) in [6, 6.07) is 18.5. The van der Waals surface area contributed by atoms with E-state index in [9.17, 15) is 14.7 Å². The lowest BCUT2D eigenvalue weighted by Crippen LogP contribution is -2.41. The second-order valence-corrected chi connectivity index (χ2v) is 9.36. The van der Waals surface area contributed by atoms with Crippen LogP contribution in [0.2, 0.25) is 0 Å². The van der Waals surface area contributed by atoms with Crippen LogP contribution in [0.25, 0.3) is 0 Å². The fourth-order valence-corrected chi connectivity index (χ4v) is 4.90. The Hall–Kier alpha value is -2.28. The Kier molecular flexibility index (Phi) is 4.95. The molecule has 0 aliphatic carbocycles. The Morgan fingerprint density at radius 1 is 1.11 bits per heavy atom. The van der Waals surface area contributed by atoms with Gasteiger partial charge < -0.3 is 10.0 Å². The topological polar surface area (TPSA) is 57.6 Å². The maximum Gasteiger partial charge on any atom is 0.264 e. The van der Waals surface area contributed by atoms with Gasteiger partial charge in [0.05, 0.1) is 27.3 Å². The van der Waals surface area contributed by atoms with Gasteiger partial charge in [0.2, 0.25) is 0 Å². The second-order valence-electron chi connectivity index (χ2n) is 6.90. The van der Waals surface area contributed by atoms with Crippen molar-refractivity contribution < 1.29 is 14.7 Å². The number of anilines is 1. The summed E-state index contributed by atoms with van der Waals surface area (Å²) in [6.07, 6.45) is -0.278. The van der Waals surface area contributed by atoms with Crippen LogP contribution < -0.4 is 4.90 Å². The van der Waals surface area contributed by atoms with Crippen molar-refractivity contribution in [2.24, 2.45) is 0 Å². The van der Waals surface area contributed by atoms with Crippen LogP contribution in [0, 0.1) is 6.92 Å². The van der Waals surface area contributed by atoms with E-state index in [1.165, 1.54) is 11.3 Å². The normalized spacial score (nSPS) is 18.4. The maximum absolute atomic E-state index is 13.3. The number of hydrogen-bond acceptors (Lipinski definition) is 4. The highest BCUT2D eigenvalue weighted by Gasteiger charge is 2.50. The SMILES string of the molecule is Cc1ccccc1CN1C(=O)[C@](O)(CC(=O)c2ccc(Br)s2)c2ccccc21. The molecule has 1 atom stereocenters. The van der Waals surface area contributed by atoms with Crippen molar-refractivity contribution in [3.63, 3.8) is 0 Å². The summed E-state index contributed by atoms with van der Waals surface area (Å²) in [7, 11) is 0. The number of aliphatic hydroxyl groups is 1. The predicted octanol–water partition coefficient (Wildman–Crippen LogP) is 4.83.